The molecular weight excluding hydrogens is 374 g/mol. The minimum atomic E-state index is -0.375. The zero-order valence-corrected chi connectivity index (χ0v) is 18.1. The number of rotatable bonds is 4. The molecule has 0 saturated carbocycles. The average molecular weight is 404 g/mol. The largest absolute Gasteiger partial charge is 0.366 e. The highest BCUT2D eigenvalue weighted by atomic mass is 16.2. The van der Waals surface area contributed by atoms with Crippen LogP contribution in [0.5, 0.6) is 0 Å². The fourth-order valence-electron chi connectivity index (χ4n) is 4.85. The second-order valence-electron chi connectivity index (χ2n) is 8.85. The van der Waals surface area contributed by atoms with Gasteiger partial charge in [0.05, 0.1) is 6.54 Å². The third-order valence-electron chi connectivity index (χ3n) is 6.18. The maximum atomic E-state index is 12.8. The summed E-state index contributed by atoms with van der Waals surface area (Å²) < 4.78 is 0. The third-order valence-corrected chi connectivity index (χ3v) is 6.18. The second-order valence-corrected chi connectivity index (χ2v) is 8.85. The Balaban J connectivity index is 1.61. The number of amides is 3. The Kier molecular flexibility index (Phi) is 5.14. The van der Waals surface area contributed by atoms with Gasteiger partial charge >= 0.3 is 6.03 Å². The molecule has 2 aliphatic heterocycles. The highest BCUT2D eigenvalue weighted by Gasteiger charge is 2.36. The number of carbonyl (C=O) groups excluding carboxylic acids is 2. The van der Waals surface area contributed by atoms with E-state index in [1.54, 1.807) is 6.08 Å². The molecule has 2 aromatic carbocycles. The van der Waals surface area contributed by atoms with Gasteiger partial charge < -0.3 is 10.2 Å². The third kappa shape index (κ3) is 3.60. The number of hydrogen-bond donors (Lipinski definition) is 1. The fourth-order valence-corrected chi connectivity index (χ4v) is 4.85. The van der Waals surface area contributed by atoms with Crippen LogP contribution in [0.3, 0.4) is 0 Å². The number of nitrogens with one attached hydrogen (secondary N) is 1. The zero-order valence-electron chi connectivity index (χ0n) is 18.1. The number of fused-ring (bicyclic) bond motifs is 1. The average Bonchev–Trinajstić information content (AvgIpc) is 2.96. The molecule has 3 amide bonds. The van der Waals surface area contributed by atoms with Crippen LogP contribution < -0.4 is 10.2 Å². The van der Waals surface area contributed by atoms with Gasteiger partial charge in [-0.15, -0.1) is 0 Å². The number of imide groups is 1. The Morgan fingerprint density at radius 2 is 1.87 bits per heavy atom. The van der Waals surface area contributed by atoms with E-state index in [1.165, 1.54) is 16.2 Å². The molecule has 0 aromatic heterocycles. The molecule has 0 radical (unpaired) electrons. The van der Waals surface area contributed by atoms with Crippen LogP contribution >= 0.6 is 0 Å². The zero-order chi connectivity index (χ0) is 21.5. The van der Waals surface area contributed by atoms with Crippen molar-refractivity contribution in [2.75, 3.05) is 11.4 Å². The maximum absolute atomic E-state index is 12.8. The standard InChI is InChI=1S/C25H29N3O2/c1-5-28-22-12-11-19(13-20(22)17(2)15-25(28,3)4)14-21-23(29)27(24(30)26-21)16-18-9-7-6-8-10-18/h6-14,17H,5,15-16H2,1-4H3,(H,26,30)/b21-14-/t17-/m0/s1. The van der Waals surface area contributed by atoms with Crippen LogP contribution in [0.2, 0.25) is 0 Å². The Morgan fingerprint density at radius 3 is 2.57 bits per heavy atom. The van der Waals surface area contributed by atoms with Crippen LogP contribution in [0, 0.1) is 0 Å². The van der Waals surface area contributed by atoms with Crippen LogP contribution in [0.25, 0.3) is 6.08 Å². The van der Waals surface area contributed by atoms with Gasteiger partial charge in [0, 0.05) is 17.8 Å². The van der Waals surface area contributed by atoms with E-state index in [-0.39, 0.29) is 24.0 Å². The topological polar surface area (TPSA) is 52.7 Å². The second kappa shape index (κ2) is 7.63. The Bertz CT molecular complexity index is 1010. The molecule has 1 N–H and O–H groups in total. The molecular formula is C25H29N3O2. The van der Waals surface area contributed by atoms with Crippen LogP contribution in [-0.4, -0.2) is 28.9 Å². The Morgan fingerprint density at radius 1 is 1.13 bits per heavy atom. The van der Waals surface area contributed by atoms with E-state index in [9.17, 15) is 9.59 Å². The van der Waals surface area contributed by atoms with E-state index < -0.39 is 0 Å². The minimum Gasteiger partial charge on any atom is -0.366 e. The van der Waals surface area contributed by atoms with E-state index in [2.05, 4.69) is 50.0 Å². The normalized spacial score (nSPS) is 21.7. The maximum Gasteiger partial charge on any atom is 0.329 e. The van der Waals surface area contributed by atoms with Crippen LogP contribution in [0.4, 0.5) is 10.5 Å². The lowest BCUT2D eigenvalue weighted by Crippen LogP contribution is -2.48. The van der Waals surface area contributed by atoms with Gasteiger partial charge in [-0.3, -0.25) is 9.69 Å². The summed E-state index contributed by atoms with van der Waals surface area (Å²) in [6.45, 7) is 10.3. The first-order chi connectivity index (χ1) is 14.3. The predicted octanol–water partition coefficient (Wildman–Crippen LogP) is 4.89. The summed E-state index contributed by atoms with van der Waals surface area (Å²) in [6, 6.07) is 15.5. The summed E-state index contributed by atoms with van der Waals surface area (Å²) in [7, 11) is 0. The summed E-state index contributed by atoms with van der Waals surface area (Å²) >= 11 is 0. The number of nitrogens with zero attached hydrogens (tertiary/aromatic N) is 2. The first-order valence-electron chi connectivity index (χ1n) is 10.6. The number of carbonyl (C=O) groups is 2. The van der Waals surface area contributed by atoms with Crippen LogP contribution in [0.1, 0.15) is 56.7 Å². The predicted molar refractivity (Wildman–Crippen MR) is 120 cm³/mol. The van der Waals surface area contributed by atoms with Crippen molar-refractivity contribution < 1.29 is 9.59 Å². The smallest absolute Gasteiger partial charge is 0.329 e. The van der Waals surface area contributed by atoms with Crippen molar-refractivity contribution >= 4 is 23.7 Å². The number of benzene rings is 2. The van der Waals surface area contributed by atoms with Crippen molar-refractivity contribution in [3.8, 4) is 0 Å². The molecule has 0 aliphatic carbocycles. The van der Waals surface area contributed by atoms with Crippen molar-refractivity contribution in [3.05, 3.63) is 70.9 Å². The van der Waals surface area contributed by atoms with E-state index in [4.69, 9.17) is 0 Å². The lowest BCUT2D eigenvalue weighted by Gasteiger charge is -2.47. The minimum absolute atomic E-state index is 0.120. The summed E-state index contributed by atoms with van der Waals surface area (Å²) in [5.41, 5.74) is 4.86. The molecule has 2 aliphatic rings. The molecule has 0 bridgehead atoms. The molecule has 0 unspecified atom stereocenters. The molecule has 0 spiro atoms. The molecule has 5 nitrogen and oxygen atoms in total. The first-order valence-corrected chi connectivity index (χ1v) is 10.6. The van der Waals surface area contributed by atoms with Crippen molar-refractivity contribution in [2.24, 2.45) is 0 Å². The highest BCUT2D eigenvalue weighted by molar-refractivity contribution is 6.13. The Labute approximate surface area is 178 Å². The lowest BCUT2D eigenvalue weighted by molar-refractivity contribution is -0.123. The van der Waals surface area contributed by atoms with Gasteiger partial charge in [0.25, 0.3) is 5.91 Å². The summed E-state index contributed by atoms with van der Waals surface area (Å²) in [4.78, 5) is 28.9. The van der Waals surface area contributed by atoms with Gasteiger partial charge in [-0.1, -0.05) is 43.3 Å². The number of hydrogen-bond acceptors (Lipinski definition) is 3. The van der Waals surface area contributed by atoms with Gasteiger partial charge in [-0.25, -0.2) is 4.79 Å². The van der Waals surface area contributed by atoms with Crippen molar-refractivity contribution in [1.29, 1.82) is 0 Å². The molecule has 2 heterocycles. The van der Waals surface area contributed by atoms with E-state index in [0.717, 1.165) is 24.1 Å². The molecule has 1 saturated heterocycles. The summed E-state index contributed by atoms with van der Waals surface area (Å²) in [5.74, 6) is 0.144. The van der Waals surface area contributed by atoms with Gasteiger partial charge in [0.15, 0.2) is 0 Å². The molecule has 1 fully saturated rings. The van der Waals surface area contributed by atoms with E-state index in [0.29, 0.717) is 11.6 Å². The van der Waals surface area contributed by atoms with Crippen molar-refractivity contribution in [3.63, 3.8) is 0 Å². The van der Waals surface area contributed by atoms with Crippen LogP contribution in [-0.2, 0) is 11.3 Å². The first kappa shape index (κ1) is 20.2. The molecule has 2 aromatic rings. The fraction of sp³-hybridized carbons (Fsp3) is 0.360. The molecule has 156 valence electrons. The van der Waals surface area contributed by atoms with Gasteiger partial charge in [-0.2, -0.15) is 0 Å². The van der Waals surface area contributed by atoms with Crippen molar-refractivity contribution in [2.45, 2.75) is 52.1 Å². The summed E-state index contributed by atoms with van der Waals surface area (Å²) in [5, 5.41) is 2.73. The van der Waals surface area contributed by atoms with Gasteiger partial charge in [0.1, 0.15) is 5.70 Å². The molecule has 1 atom stereocenters. The van der Waals surface area contributed by atoms with Crippen molar-refractivity contribution in [1.82, 2.24) is 10.2 Å². The van der Waals surface area contributed by atoms with E-state index >= 15 is 0 Å². The number of anilines is 1. The monoisotopic (exact) mass is 403 g/mol. The molecule has 30 heavy (non-hydrogen) atoms. The summed E-state index contributed by atoms with van der Waals surface area (Å²) in [6.07, 6.45) is 2.86. The van der Waals surface area contributed by atoms with Gasteiger partial charge in [0.2, 0.25) is 0 Å². The highest BCUT2D eigenvalue weighted by Crippen LogP contribution is 2.43. The van der Waals surface area contributed by atoms with Gasteiger partial charge in [-0.05, 0) is 68.0 Å². The number of urea groups is 1. The quantitative estimate of drug-likeness (QED) is 0.584. The Hall–Kier alpha value is -3.08. The van der Waals surface area contributed by atoms with Crippen LogP contribution in [0.15, 0.2) is 54.2 Å². The molecule has 5 heteroatoms. The SMILES string of the molecule is CCN1c2ccc(/C=C3\NC(=O)N(Cc4ccccc4)C3=O)cc2[C@@H](C)CC1(C)C. The van der Waals surface area contributed by atoms with E-state index in [1.807, 2.05) is 36.4 Å². The molecule has 4 rings (SSSR count). The lowest BCUT2D eigenvalue weighted by atomic mass is 9.79.